The van der Waals surface area contributed by atoms with Crippen molar-refractivity contribution < 1.29 is 12.8 Å². The minimum atomic E-state index is -3.69. The topological polar surface area (TPSA) is 83.1 Å². The highest BCUT2D eigenvalue weighted by Gasteiger charge is 2.20. The van der Waals surface area contributed by atoms with E-state index in [0.29, 0.717) is 11.3 Å². The highest BCUT2D eigenvalue weighted by Crippen LogP contribution is 2.19. The normalized spacial score (nSPS) is 12.8. The standard InChI is InChI=1S/C14H14N2O3S/c1-10-6-7-14(19-10)11(2)16-20(17,18)13-5-3-4-12(8-13)9-15/h3-8,11,16H,1-2H3/t11-/m0/s1. The van der Waals surface area contributed by atoms with Crippen molar-refractivity contribution in [2.75, 3.05) is 0 Å². The second-order valence-corrected chi connectivity index (χ2v) is 6.15. The Morgan fingerprint density at radius 1 is 1.30 bits per heavy atom. The summed E-state index contributed by atoms with van der Waals surface area (Å²) in [7, 11) is -3.69. The van der Waals surface area contributed by atoms with Crippen molar-refractivity contribution in [3.63, 3.8) is 0 Å². The molecule has 0 amide bonds. The lowest BCUT2D eigenvalue weighted by atomic mass is 10.2. The largest absolute Gasteiger partial charge is 0.465 e. The zero-order valence-electron chi connectivity index (χ0n) is 11.1. The Kier molecular flexibility index (Phi) is 3.93. The molecule has 0 aliphatic heterocycles. The summed E-state index contributed by atoms with van der Waals surface area (Å²) < 4.78 is 32.4. The number of rotatable bonds is 4. The van der Waals surface area contributed by atoms with Crippen LogP contribution in [0.1, 0.15) is 30.0 Å². The Hall–Kier alpha value is -2.10. The van der Waals surface area contributed by atoms with Crippen molar-refractivity contribution in [2.45, 2.75) is 24.8 Å². The highest BCUT2D eigenvalue weighted by atomic mass is 32.2. The summed E-state index contributed by atoms with van der Waals surface area (Å²) in [6, 6.07) is 10.8. The summed E-state index contributed by atoms with van der Waals surface area (Å²) in [5, 5.41) is 8.81. The molecule has 0 spiro atoms. The van der Waals surface area contributed by atoms with Crippen LogP contribution in [-0.4, -0.2) is 8.42 Å². The zero-order chi connectivity index (χ0) is 14.8. The Morgan fingerprint density at radius 3 is 2.65 bits per heavy atom. The molecule has 0 aliphatic rings. The fourth-order valence-corrected chi connectivity index (χ4v) is 3.04. The van der Waals surface area contributed by atoms with Gasteiger partial charge in [0.2, 0.25) is 10.0 Å². The van der Waals surface area contributed by atoms with Crippen LogP contribution in [0.5, 0.6) is 0 Å². The molecule has 2 rings (SSSR count). The van der Waals surface area contributed by atoms with Gasteiger partial charge in [-0.05, 0) is 44.2 Å². The van der Waals surface area contributed by atoms with Crippen molar-refractivity contribution in [3.05, 3.63) is 53.5 Å². The quantitative estimate of drug-likeness (QED) is 0.937. The van der Waals surface area contributed by atoms with Crippen LogP contribution in [0, 0.1) is 18.3 Å². The molecule has 2 aromatic rings. The van der Waals surface area contributed by atoms with Gasteiger partial charge in [-0.2, -0.15) is 5.26 Å². The van der Waals surface area contributed by atoms with E-state index in [-0.39, 0.29) is 4.90 Å². The number of benzene rings is 1. The molecule has 1 N–H and O–H groups in total. The monoisotopic (exact) mass is 290 g/mol. The molecule has 0 aliphatic carbocycles. The third-order valence-electron chi connectivity index (χ3n) is 2.79. The van der Waals surface area contributed by atoms with E-state index in [2.05, 4.69) is 4.72 Å². The van der Waals surface area contributed by atoms with E-state index in [4.69, 9.17) is 9.68 Å². The third kappa shape index (κ3) is 3.07. The summed E-state index contributed by atoms with van der Waals surface area (Å²) >= 11 is 0. The summed E-state index contributed by atoms with van der Waals surface area (Å²) in [6.45, 7) is 3.49. The molecule has 1 aromatic carbocycles. The minimum absolute atomic E-state index is 0.0617. The first kappa shape index (κ1) is 14.3. The number of hydrogen-bond acceptors (Lipinski definition) is 4. The molecular formula is C14H14N2O3S. The molecule has 0 radical (unpaired) electrons. The molecule has 1 aromatic heterocycles. The van der Waals surface area contributed by atoms with Gasteiger partial charge in [-0.25, -0.2) is 13.1 Å². The second-order valence-electron chi connectivity index (χ2n) is 4.43. The van der Waals surface area contributed by atoms with Crippen LogP contribution in [0.2, 0.25) is 0 Å². The number of aryl methyl sites for hydroxylation is 1. The average molecular weight is 290 g/mol. The molecule has 0 saturated heterocycles. The van der Waals surface area contributed by atoms with Gasteiger partial charge >= 0.3 is 0 Å². The van der Waals surface area contributed by atoms with Crippen LogP contribution in [0.4, 0.5) is 0 Å². The maximum absolute atomic E-state index is 12.2. The number of furan rings is 1. The molecular weight excluding hydrogens is 276 g/mol. The molecule has 0 saturated carbocycles. The highest BCUT2D eigenvalue weighted by molar-refractivity contribution is 7.89. The zero-order valence-corrected chi connectivity index (χ0v) is 11.9. The van der Waals surface area contributed by atoms with E-state index in [0.717, 1.165) is 5.76 Å². The lowest BCUT2D eigenvalue weighted by Crippen LogP contribution is -2.26. The minimum Gasteiger partial charge on any atom is -0.465 e. The van der Waals surface area contributed by atoms with Crippen molar-refractivity contribution >= 4 is 10.0 Å². The molecule has 5 nitrogen and oxygen atoms in total. The predicted molar refractivity (Wildman–Crippen MR) is 73.3 cm³/mol. The van der Waals surface area contributed by atoms with Crippen LogP contribution in [0.15, 0.2) is 45.7 Å². The van der Waals surface area contributed by atoms with Crippen molar-refractivity contribution in [3.8, 4) is 6.07 Å². The fourth-order valence-electron chi connectivity index (χ4n) is 1.78. The Balaban J connectivity index is 2.25. The van der Waals surface area contributed by atoms with Crippen molar-refractivity contribution in [1.82, 2.24) is 4.72 Å². The molecule has 6 heteroatoms. The van der Waals surface area contributed by atoms with E-state index in [1.54, 1.807) is 32.0 Å². The van der Waals surface area contributed by atoms with Gasteiger partial charge in [0, 0.05) is 0 Å². The van der Waals surface area contributed by atoms with Gasteiger partial charge in [0.05, 0.1) is 22.6 Å². The van der Waals surface area contributed by atoms with E-state index in [1.807, 2.05) is 6.07 Å². The van der Waals surface area contributed by atoms with Gasteiger partial charge in [-0.1, -0.05) is 6.07 Å². The number of sulfonamides is 1. The lowest BCUT2D eigenvalue weighted by Gasteiger charge is -2.12. The van der Waals surface area contributed by atoms with Crippen molar-refractivity contribution in [1.29, 1.82) is 5.26 Å². The SMILES string of the molecule is Cc1ccc([C@H](C)NS(=O)(=O)c2cccc(C#N)c2)o1. The predicted octanol–water partition coefficient (Wildman–Crippen LogP) is 2.50. The fraction of sp³-hybridized carbons (Fsp3) is 0.214. The first-order valence-electron chi connectivity index (χ1n) is 6.01. The van der Waals surface area contributed by atoms with Crippen LogP contribution >= 0.6 is 0 Å². The van der Waals surface area contributed by atoms with Crippen molar-refractivity contribution in [2.24, 2.45) is 0 Å². The van der Waals surface area contributed by atoms with Crippen LogP contribution in [-0.2, 0) is 10.0 Å². The van der Waals surface area contributed by atoms with Crippen LogP contribution < -0.4 is 4.72 Å². The van der Waals surface area contributed by atoms with E-state index >= 15 is 0 Å². The maximum Gasteiger partial charge on any atom is 0.241 e. The van der Waals surface area contributed by atoms with Gasteiger partial charge in [0.25, 0.3) is 0 Å². The molecule has 0 unspecified atom stereocenters. The maximum atomic E-state index is 12.2. The number of nitrogens with zero attached hydrogens (tertiary/aromatic N) is 1. The first-order chi connectivity index (χ1) is 9.42. The average Bonchev–Trinajstić information content (AvgIpc) is 2.85. The van der Waals surface area contributed by atoms with Crippen LogP contribution in [0.3, 0.4) is 0 Å². The molecule has 1 heterocycles. The Morgan fingerprint density at radius 2 is 2.05 bits per heavy atom. The van der Waals surface area contributed by atoms with Gasteiger partial charge in [-0.15, -0.1) is 0 Å². The number of nitrogens with one attached hydrogen (secondary N) is 1. The molecule has 0 fully saturated rings. The Labute approximate surface area is 117 Å². The van der Waals surface area contributed by atoms with Crippen LogP contribution in [0.25, 0.3) is 0 Å². The van der Waals surface area contributed by atoms with Gasteiger partial charge in [0.15, 0.2) is 0 Å². The third-order valence-corrected chi connectivity index (χ3v) is 4.33. The lowest BCUT2D eigenvalue weighted by molar-refractivity contribution is 0.441. The van der Waals surface area contributed by atoms with E-state index < -0.39 is 16.1 Å². The molecule has 0 bridgehead atoms. The van der Waals surface area contributed by atoms with E-state index in [9.17, 15) is 8.42 Å². The summed E-state index contributed by atoms with van der Waals surface area (Å²) in [5.74, 6) is 1.26. The van der Waals surface area contributed by atoms with Gasteiger partial charge in [-0.3, -0.25) is 0 Å². The smallest absolute Gasteiger partial charge is 0.241 e. The summed E-state index contributed by atoms with van der Waals surface area (Å²) in [4.78, 5) is 0.0617. The number of hydrogen-bond donors (Lipinski definition) is 1. The van der Waals surface area contributed by atoms with Gasteiger partial charge < -0.3 is 4.42 Å². The molecule has 104 valence electrons. The molecule has 20 heavy (non-hydrogen) atoms. The summed E-state index contributed by atoms with van der Waals surface area (Å²) in [5.41, 5.74) is 0.300. The molecule has 1 atom stereocenters. The number of nitriles is 1. The van der Waals surface area contributed by atoms with E-state index in [1.165, 1.54) is 18.2 Å². The Bertz CT molecular complexity index is 757. The first-order valence-corrected chi connectivity index (χ1v) is 7.49. The summed E-state index contributed by atoms with van der Waals surface area (Å²) in [6.07, 6.45) is 0. The van der Waals surface area contributed by atoms with Gasteiger partial charge in [0.1, 0.15) is 11.5 Å². The second kappa shape index (κ2) is 5.49.